The number of alkyl halides is 5. The van der Waals surface area contributed by atoms with Crippen LogP contribution < -0.4 is 14.4 Å². The van der Waals surface area contributed by atoms with Gasteiger partial charge in [0.1, 0.15) is 22.0 Å². The molecule has 1 fully saturated rings. The van der Waals surface area contributed by atoms with Crippen LogP contribution in [0.2, 0.25) is 0 Å². The van der Waals surface area contributed by atoms with Gasteiger partial charge in [0, 0.05) is 51.1 Å². The predicted octanol–water partition coefficient (Wildman–Crippen LogP) is 5.32. The van der Waals surface area contributed by atoms with E-state index in [2.05, 4.69) is 15.1 Å². The number of likely N-dealkylation sites (N-methyl/N-ethyl adjacent to an activating group) is 1. The third-order valence-corrected chi connectivity index (χ3v) is 8.42. The fourth-order valence-corrected chi connectivity index (χ4v) is 5.62. The van der Waals surface area contributed by atoms with E-state index >= 15 is 8.78 Å². The van der Waals surface area contributed by atoms with Gasteiger partial charge in [0.2, 0.25) is 11.8 Å². The first kappa shape index (κ1) is 32.0. The molecule has 17 heteroatoms. The molecule has 0 spiro atoms. The number of benzene rings is 2. The van der Waals surface area contributed by atoms with Gasteiger partial charge in [-0.3, -0.25) is 4.68 Å². The second kappa shape index (κ2) is 11.8. The van der Waals surface area contributed by atoms with Gasteiger partial charge < -0.3 is 14.5 Å². The number of halogens is 6. The van der Waals surface area contributed by atoms with E-state index in [1.807, 2.05) is 16.7 Å². The molecular formula is C28H27F6N7O3S. The zero-order valence-electron chi connectivity index (χ0n) is 24.1. The van der Waals surface area contributed by atoms with Crippen molar-refractivity contribution in [2.45, 2.75) is 23.9 Å². The molecule has 2 aromatic heterocycles. The van der Waals surface area contributed by atoms with E-state index in [0.717, 1.165) is 30.6 Å². The van der Waals surface area contributed by atoms with Crippen LogP contribution in [-0.2, 0) is 23.0 Å². The number of nitrogens with zero attached hydrogens (tertiary/aromatic N) is 6. The van der Waals surface area contributed by atoms with E-state index in [9.17, 15) is 26.0 Å². The van der Waals surface area contributed by atoms with Crippen molar-refractivity contribution in [2.24, 2.45) is 7.05 Å². The number of rotatable bonds is 8. The Morgan fingerprint density at radius 3 is 2.27 bits per heavy atom. The Labute approximate surface area is 254 Å². The first-order valence-corrected chi connectivity index (χ1v) is 14.9. The van der Waals surface area contributed by atoms with Crippen molar-refractivity contribution in [3.8, 4) is 22.9 Å². The van der Waals surface area contributed by atoms with Crippen molar-refractivity contribution in [3.05, 3.63) is 71.8 Å². The quantitative estimate of drug-likeness (QED) is 0.255. The van der Waals surface area contributed by atoms with Gasteiger partial charge in [-0.15, -0.1) is 0 Å². The van der Waals surface area contributed by atoms with Gasteiger partial charge in [-0.2, -0.15) is 32.0 Å². The summed E-state index contributed by atoms with van der Waals surface area (Å²) in [6.07, 6.45) is -4.00. The molecule has 4 aromatic rings. The number of piperazine rings is 1. The lowest BCUT2D eigenvalue weighted by atomic mass is 9.98. The van der Waals surface area contributed by atoms with E-state index in [0.29, 0.717) is 26.2 Å². The van der Waals surface area contributed by atoms with Gasteiger partial charge in [-0.25, -0.2) is 22.5 Å². The molecule has 5 rings (SSSR count). The van der Waals surface area contributed by atoms with Crippen molar-refractivity contribution in [1.29, 1.82) is 0 Å². The number of anilines is 2. The average molecular weight is 656 g/mol. The predicted molar refractivity (Wildman–Crippen MR) is 152 cm³/mol. The van der Waals surface area contributed by atoms with Crippen LogP contribution in [-0.4, -0.2) is 72.5 Å². The summed E-state index contributed by atoms with van der Waals surface area (Å²) in [7, 11) is -1.15. The van der Waals surface area contributed by atoms with Crippen LogP contribution in [0.1, 0.15) is 11.1 Å². The zero-order valence-corrected chi connectivity index (χ0v) is 24.9. The number of sulfonamides is 1. The summed E-state index contributed by atoms with van der Waals surface area (Å²) in [6, 6.07) is 8.81. The van der Waals surface area contributed by atoms with Crippen LogP contribution in [0, 0.1) is 12.7 Å². The summed E-state index contributed by atoms with van der Waals surface area (Å²) in [5.41, 5.74) is -2.55. The normalized spacial score (nSPS) is 14.9. The van der Waals surface area contributed by atoms with Crippen LogP contribution >= 0.6 is 0 Å². The smallest absolute Gasteiger partial charge is 0.438 e. The third kappa shape index (κ3) is 6.54. The van der Waals surface area contributed by atoms with Gasteiger partial charge in [0.25, 0.3) is 10.0 Å². The Morgan fingerprint density at radius 2 is 1.64 bits per heavy atom. The molecule has 0 radical (unpaired) electrons. The van der Waals surface area contributed by atoms with Crippen molar-refractivity contribution in [2.75, 3.05) is 42.8 Å². The number of aryl methyl sites for hydroxylation is 2. The molecular weight excluding hydrogens is 628 g/mol. The highest BCUT2D eigenvalue weighted by molar-refractivity contribution is 7.92. The van der Waals surface area contributed by atoms with E-state index in [4.69, 9.17) is 4.74 Å². The Kier molecular flexibility index (Phi) is 8.43. The Hall–Kier alpha value is -4.38. The second-order valence-electron chi connectivity index (χ2n) is 10.4. The molecule has 0 saturated carbocycles. The van der Waals surface area contributed by atoms with Gasteiger partial charge in [0.15, 0.2) is 0 Å². The highest BCUT2D eigenvalue weighted by atomic mass is 32.2. The van der Waals surface area contributed by atoms with Crippen molar-refractivity contribution < 1.29 is 39.5 Å². The Morgan fingerprint density at radius 1 is 0.956 bits per heavy atom. The topological polar surface area (TPSA) is 105 Å². The summed E-state index contributed by atoms with van der Waals surface area (Å²) in [5.74, 6) is -8.69. The maximum Gasteiger partial charge on any atom is 0.458 e. The number of nitrogens with one attached hydrogen (secondary N) is 1. The van der Waals surface area contributed by atoms with Crippen LogP contribution in [0.4, 0.5) is 38.0 Å². The molecule has 0 unspecified atom stereocenters. The lowest BCUT2D eigenvalue weighted by Gasteiger charge is -2.34. The highest BCUT2D eigenvalue weighted by Crippen LogP contribution is 2.51. The fraction of sp³-hybridized carbons (Fsp3) is 0.321. The molecule has 0 bridgehead atoms. The van der Waals surface area contributed by atoms with Gasteiger partial charge in [-0.1, -0.05) is 24.3 Å². The molecule has 0 aliphatic carbocycles. The SMILES string of the molecule is Cc1ccccc1-c1nc(NS(=O)(=O)c2cnn(C)c2)nc(Oc2ccc(F)c(N3CCN(C)CC3)c2)c1C(F)(F)C(F)(F)F. The van der Waals surface area contributed by atoms with E-state index < -0.39 is 51.0 Å². The highest BCUT2D eigenvalue weighted by Gasteiger charge is 2.62. The summed E-state index contributed by atoms with van der Waals surface area (Å²) >= 11 is 0. The molecule has 45 heavy (non-hydrogen) atoms. The number of hydrogen-bond donors (Lipinski definition) is 1. The van der Waals surface area contributed by atoms with Crippen LogP contribution in [0.25, 0.3) is 11.3 Å². The standard InChI is InChI=1S/C28H27F6N7O3S/c1-17-6-4-5-7-20(17)24-23(27(30,31)28(32,33)34)25(37-26(36-24)38-45(42,43)19-15-35-40(3)16-19)44-18-8-9-21(29)22(14-18)41-12-10-39(2)11-13-41/h4-9,14-16H,10-13H2,1-3H3,(H,36,37,38). The summed E-state index contributed by atoms with van der Waals surface area (Å²) < 4.78 is 123. The fourth-order valence-electron chi connectivity index (χ4n) is 4.69. The molecule has 1 N–H and O–H groups in total. The van der Waals surface area contributed by atoms with Crippen LogP contribution in [0.3, 0.4) is 0 Å². The molecule has 2 aromatic carbocycles. The first-order valence-electron chi connectivity index (χ1n) is 13.4. The van der Waals surface area contributed by atoms with Gasteiger partial charge >= 0.3 is 12.1 Å². The Balaban J connectivity index is 1.71. The van der Waals surface area contributed by atoms with Crippen molar-refractivity contribution >= 4 is 21.7 Å². The molecule has 1 aliphatic rings. The second-order valence-corrected chi connectivity index (χ2v) is 12.1. The van der Waals surface area contributed by atoms with Crippen molar-refractivity contribution in [1.82, 2.24) is 24.6 Å². The number of ether oxygens (including phenoxy) is 1. The molecule has 3 heterocycles. The van der Waals surface area contributed by atoms with Crippen LogP contribution in [0.5, 0.6) is 11.6 Å². The molecule has 1 aliphatic heterocycles. The Bertz CT molecular complexity index is 1820. The van der Waals surface area contributed by atoms with E-state index in [-0.39, 0.29) is 27.5 Å². The lowest BCUT2D eigenvalue weighted by Crippen LogP contribution is -2.44. The largest absolute Gasteiger partial charge is 0.458 e. The average Bonchev–Trinajstić information content (AvgIpc) is 3.41. The molecule has 0 amide bonds. The zero-order chi connectivity index (χ0) is 32.7. The van der Waals surface area contributed by atoms with Crippen LogP contribution in [0.15, 0.2) is 59.8 Å². The maximum absolute atomic E-state index is 15.4. The monoisotopic (exact) mass is 655 g/mol. The molecule has 240 valence electrons. The minimum Gasteiger partial charge on any atom is -0.438 e. The van der Waals surface area contributed by atoms with E-state index in [1.165, 1.54) is 42.9 Å². The number of hydrogen-bond acceptors (Lipinski definition) is 8. The third-order valence-electron chi connectivity index (χ3n) is 7.14. The van der Waals surface area contributed by atoms with Gasteiger partial charge in [0.05, 0.1) is 17.6 Å². The number of aromatic nitrogens is 4. The molecule has 0 atom stereocenters. The van der Waals surface area contributed by atoms with E-state index in [1.54, 1.807) is 4.90 Å². The summed E-state index contributed by atoms with van der Waals surface area (Å²) in [6.45, 7) is 3.48. The minimum atomic E-state index is -6.13. The molecule has 10 nitrogen and oxygen atoms in total. The van der Waals surface area contributed by atoms with Crippen molar-refractivity contribution in [3.63, 3.8) is 0 Å². The lowest BCUT2D eigenvalue weighted by molar-refractivity contribution is -0.289. The maximum atomic E-state index is 15.4. The molecule has 1 saturated heterocycles. The summed E-state index contributed by atoms with van der Waals surface area (Å²) in [4.78, 5) is 10.9. The summed E-state index contributed by atoms with van der Waals surface area (Å²) in [5, 5.41) is 3.78. The van der Waals surface area contributed by atoms with Gasteiger partial charge in [-0.05, 0) is 31.7 Å². The minimum absolute atomic E-state index is 0.0374. The first-order chi connectivity index (χ1) is 21.1.